The molecule has 3 N–H and O–H groups in total. The fourth-order valence-corrected chi connectivity index (χ4v) is 3.64. The molecule has 1 aliphatic carbocycles. The van der Waals surface area contributed by atoms with Gasteiger partial charge in [0, 0.05) is 4.88 Å². The van der Waals surface area contributed by atoms with Crippen LogP contribution in [0.25, 0.3) is 10.2 Å². The van der Waals surface area contributed by atoms with Crippen molar-refractivity contribution in [3.63, 3.8) is 0 Å². The van der Waals surface area contributed by atoms with E-state index in [1.807, 2.05) is 0 Å². The number of aromatic nitrogens is 2. The number of hydrogen-bond donors (Lipinski definition) is 2. The van der Waals surface area contributed by atoms with Crippen molar-refractivity contribution in [1.29, 1.82) is 0 Å². The van der Waals surface area contributed by atoms with Crippen molar-refractivity contribution in [2.45, 2.75) is 45.6 Å². The number of thiophene rings is 1. The van der Waals surface area contributed by atoms with Gasteiger partial charge in [-0.3, -0.25) is 5.43 Å². The molecule has 0 bridgehead atoms. The molecule has 0 saturated heterocycles. The van der Waals surface area contributed by atoms with E-state index < -0.39 is 0 Å². The second kappa shape index (κ2) is 5.54. The number of hydrazine groups is 1. The van der Waals surface area contributed by atoms with Gasteiger partial charge in [-0.05, 0) is 38.2 Å². The highest BCUT2D eigenvalue weighted by atomic mass is 32.1. The fourth-order valence-electron chi connectivity index (χ4n) is 2.77. The monoisotopic (exact) mass is 292 g/mol. The predicted octanol–water partition coefficient (Wildman–Crippen LogP) is 3.24. The molecule has 108 valence electrons. The molecular formula is C14H20N4OS. The number of nitrogens with zero attached hydrogens (tertiary/aromatic N) is 2. The quantitative estimate of drug-likeness (QED) is 0.671. The van der Waals surface area contributed by atoms with Crippen LogP contribution in [0.5, 0.6) is 5.88 Å². The number of ether oxygens (including phenoxy) is 1. The number of nitrogens with one attached hydrogen (secondary N) is 1. The Balaban J connectivity index is 1.96. The normalized spacial score (nSPS) is 22.9. The maximum absolute atomic E-state index is 6.20. The summed E-state index contributed by atoms with van der Waals surface area (Å²) < 4.78 is 6.20. The van der Waals surface area contributed by atoms with Gasteiger partial charge < -0.3 is 4.74 Å². The number of nitrogen functional groups attached to an aromatic ring is 1. The molecule has 0 aromatic carbocycles. The Morgan fingerprint density at radius 2 is 2.15 bits per heavy atom. The molecule has 1 aliphatic rings. The van der Waals surface area contributed by atoms with Crippen LogP contribution in [0, 0.1) is 12.8 Å². The molecule has 3 rings (SSSR count). The van der Waals surface area contributed by atoms with Crippen LogP contribution in [-0.2, 0) is 0 Å². The summed E-state index contributed by atoms with van der Waals surface area (Å²) in [4.78, 5) is 10.9. The van der Waals surface area contributed by atoms with Gasteiger partial charge in [-0.1, -0.05) is 13.3 Å². The number of anilines is 1. The predicted molar refractivity (Wildman–Crippen MR) is 82.0 cm³/mol. The molecule has 2 atom stereocenters. The number of hydrogen-bond acceptors (Lipinski definition) is 6. The molecule has 0 spiro atoms. The summed E-state index contributed by atoms with van der Waals surface area (Å²) in [6, 6.07) is 2.09. The molecule has 1 fully saturated rings. The second-order valence-electron chi connectivity index (χ2n) is 5.49. The van der Waals surface area contributed by atoms with Crippen molar-refractivity contribution >= 4 is 27.5 Å². The topological polar surface area (TPSA) is 73.1 Å². The average Bonchev–Trinajstić information content (AvgIpc) is 2.81. The first-order chi connectivity index (χ1) is 9.67. The van der Waals surface area contributed by atoms with Crippen molar-refractivity contribution in [3.8, 4) is 5.88 Å². The lowest BCUT2D eigenvalue weighted by Gasteiger charge is -2.29. The third-order valence-electron chi connectivity index (χ3n) is 3.91. The number of nitrogens with two attached hydrogens (primary N) is 1. The van der Waals surface area contributed by atoms with Crippen molar-refractivity contribution < 1.29 is 4.74 Å². The van der Waals surface area contributed by atoms with E-state index in [9.17, 15) is 0 Å². The summed E-state index contributed by atoms with van der Waals surface area (Å²) >= 11 is 1.63. The van der Waals surface area contributed by atoms with Crippen molar-refractivity contribution in [2.24, 2.45) is 11.8 Å². The van der Waals surface area contributed by atoms with Crippen LogP contribution in [0.2, 0.25) is 0 Å². The standard InChI is InChI=1S/C14H20N4OS/c1-8-5-3-4-6-11(8)19-12-10-7-9(2)20-13(10)17-14(16-12)18-15/h7-8,11H,3-6,15H2,1-2H3,(H,16,17,18). The van der Waals surface area contributed by atoms with E-state index in [2.05, 4.69) is 35.3 Å². The molecule has 2 unspecified atom stereocenters. The van der Waals surface area contributed by atoms with E-state index in [-0.39, 0.29) is 6.10 Å². The zero-order chi connectivity index (χ0) is 14.1. The average molecular weight is 292 g/mol. The lowest BCUT2D eigenvalue weighted by molar-refractivity contribution is 0.0994. The van der Waals surface area contributed by atoms with Crippen molar-refractivity contribution in [3.05, 3.63) is 10.9 Å². The van der Waals surface area contributed by atoms with Crippen LogP contribution < -0.4 is 16.0 Å². The maximum atomic E-state index is 6.20. The van der Waals surface area contributed by atoms with Crippen molar-refractivity contribution in [1.82, 2.24) is 9.97 Å². The third-order valence-corrected chi connectivity index (χ3v) is 4.85. The van der Waals surface area contributed by atoms with Crippen LogP contribution >= 0.6 is 11.3 Å². The highest BCUT2D eigenvalue weighted by Gasteiger charge is 2.24. The van der Waals surface area contributed by atoms with E-state index in [1.165, 1.54) is 24.1 Å². The minimum atomic E-state index is 0.243. The van der Waals surface area contributed by atoms with Crippen LogP contribution in [0.1, 0.15) is 37.5 Å². The van der Waals surface area contributed by atoms with Gasteiger partial charge in [-0.15, -0.1) is 11.3 Å². The van der Waals surface area contributed by atoms with E-state index in [4.69, 9.17) is 10.6 Å². The van der Waals surface area contributed by atoms with Crippen LogP contribution in [-0.4, -0.2) is 16.1 Å². The Kier molecular flexibility index (Phi) is 3.76. The number of fused-ring (bicyclic) bond motifs is 1. The van der Waals surface area contributed by atoms with E-state index in [0.717, 1.165) is 16.6 Å². The van der Waals surface area contributed by atoms with Crippen LogP contribution in [0.3, 0.4) is 0 Å². The second-order valence-corrected chi connectivity index (χ2v) is 6.73. The Morgan fingerprint density at radius 3 is 2.90 bits per heavy atom. The minimum Gasteiger partial charge on any atom is -0.473 e. The smallest absolute Gasteiger partial charge is 0.241 e. The Labute approximate surface area is 122 Å². The van der Waals surface area contributed by atoms with Gasteiger partial charge in [-0.2, -0.15) is 4.98 Å². The molecule has 2 aromatic heterocycles. The molecule has 0 radical (unpaired) electrons. The third kappa shape index (κ3) is 2.58. The molecule has 2 heterocycles. The van der Waals surface area contributed by atoms with Gasteiger partial charge in [-0.25, -0.2) is 10.8 Å². The van der Waals surface area contributed by atoms with Crippen LogP contribution in [0.4, 0.5) is 5.95 Å². The Morgan fingerprint density at radius 1 is 1.35 bits per heavy atom. The summed E-state index contributed by atoms with van der Waals surface area (Å²) in [5.74, 6) is 7.10. The lowest BCUT2D eigenvalue weighted by Crippen LogP contribution is -2.28. The van der Waals surface area contributed by atoms with Crippen molar-refractivity contribution in [2.75, 3.05) is 5.43 Å². The molecule has 0 amide bonds. The first-order valence-corrected chi connectivity index (χ1v) is 7.90. The van der Waals surface area contributed by atoms with Gasteiger partial charge in [0.25, 0.3) is 0 Å². The molecule has 6 heteroatoms. The van der Waals surface area contributed by atoms with E-state index in [1.54, 1.807) is 11.3 Å². The summed E-state index contributed by atoms with van der Waals surface area (Å²) in [5.41, 5.74) is 2.52. The van der Waals surface area contributed by atoms with E-state index in [0.29, 0.717) is 17.7 Å². The molecule has 0 aliphatic heterocycles. The zero-order valence-electron chi connectivity index (χ0n) is 11.8. The highest BCUT2D eigenvalue weighted by Crippen LogP contribution is 2.34. The number of aryl methyl sites for hydroxylation is 1. The zero-order valence-corrected chi connectivity index (χ0v) is 12.7. The number of rotatable bonds is 3. The molecule has 5 nitrogen and oxygen atoms in total. The fraction of sp³-hybridized carbons (Fsp3) is 0.571. The molecule has 1 saturated carbocycles. The summed E-state index contributed by atoms with van der Waals surface area (Å²) in [5, 5.41) is 0.990. The van der Waals surface area contributed by atoms with Crippen LogP contribution in [0.15, 0.2) is 6.07 Å². The largest absolute Gasteiger partial charge is 0.473 e. The molecule has 2 aromatic rings. The van der Waals surface area contributed by atoms with Gasteiger partial charge in [0.2, 0.25) is 11.8 Å². The van der Waals surface area contributed by atoms with Gasteiger partial charge >= 0.3 is 0 Å². The van der Waals surface area contributed by atoms with Gasteiger partial charge in [0.15, 0.2) is 0 Å². The summed E-state index contributed by atoms with van der Waals surface area (Å²) in [6.45, 7) is 4.32. The first-order valence-electron chi connectivity index (χ1n) is 7.09. The summed E-state index contributed by atoms with van der Waals surface area (Å²) in [7, 11) is 0. The lowest BCUT2D eigenvalue weighted by atomic mass is 9.88. The molecular weight excluding hydrogens is 272 g/mol. The maximum Gasteiger partial charge on any atom is 0.241 e. The van der Waals surface area contributed by atoms with E-state index >= 15 is 0 Å². The van der Waals surface area contributed by atoms with Gasteiger partial charge in [0.1, 0.15) is 10.9 Å². The minimum absolute atomic E-state index is 0.243. The Bertz CT molecular complexity index is 612. The SMILES string of the molecule is Cc1cc2c(OC3CCCCC3C)nc(NN)nc2s1. The Hall–Kier alpha value is -1.40. The highest BCUT2D eigenvalue weighted by molar-refractivity contribution is 7.18. The molecule has 20 heavy (non-hydrogen) atoms. The van der Waals surface area contributed by atoms with Gasteiger partial charge in [0.05, 0.1) is 5.39 Å². The summed E-state index contributed by atoms with van der Waals surface area (Å²) in [6.07, 6.45) is 5.10. The first kappa shape index (κ1) is 13.6.